The zero-order valence-corrected chi connectivity index (χ0v) is 12.4. The Morgan fingerprint density at radius 2 is 1.17 bits per heavy atom. The summed E-state index contributed by atoms with van der Waals surface area (Å²) >= 11 is 13.9. The van der Waals surface area contributed by atoms with Crippen LogP contribution in [0.15, 0.2) is 21.1 Å². The van der Waals surface area contributed by atoms with Crippen molar-refractivity contribution in [3.8, 4) is 0 Å². The summed E-state index contributed by atoms with van der Waals surface area (Å²) in [4.78, 5) is 0. The fourth-order valence-corrected chi connectivity index (χ4v) is 3.58. The predicted octanol–water partition coefficient (Wildman–Crippen LogP) is 5.00. The van der Waals surface area contributed by atoms with E-state index in [0.29, 0.717) is 0 Å². The number of benzene rings is 1. The predicted molar refractivity (Wildman–Crippen MR) is 67.1 cm³/mol. The lowest BCUT2D eigenvalue weighted by Gasteiger charge is -2.05. The molecule has 12 heavy (non-hydrogen) atoms. The molecule has 4 heteroatoms. The molecule has 0 atom stereocenters. The molecular formula is C8H6Br4. The van der Waals surface area contributed by atoms with E-state index in [-0.39, 0.29) is 0 Å². The van der Waals surface area contributed by atoms with Crippen molar-refractivity contribution >= 4 is 63.7 Å². The van der Waals surface area contributed by atoms with E-state index in [9.17, 15) is 0 Å². The monoisotopic (exact) mass is 418 g/mol. The van der Waals surface area contributed by atoms with E-state index in [1.165, 1.54) is 11.1 Å². The van der Waals surface area contributed by atoms with Gasteiger partial charge in [-0.05, 0) is 23.3 Å². The molecule has 0 spiro atoms. The highest BCUT2D eigenvalue weighted by Gasteiger charge is 2.04. The highest BCUT2D eigenvalue weighted by Crippen LogP contribution is 2.28. The molecule has 66 valence electrons. The van der Waals surface area contributed by atoms with Gasteiger partial charge in [0.15, 0.2) is 0 Å². The SMILES string of the molecule is BrCc1cc(Br)c(CBr)cc1Br. The molecular weight excluding hydrogens is 416 g/mol. The molecule has 0 N–H and O–H groups in total. The first-order valence-corrected chi connectivity index (χ1v) is 7.10. The van der Waals surface area contributed by atoms with Crippen molar-refractivity contribution < 1.29 is 0 Å². The van der Waals surface area contributed by atoms with Crippen LogP contribution in [0.25, 0.3) is 0 Å². The van der Waals surface area contributed by atoms with Crippen LogP contribution in [0.4, 0.5) is 0 Å². The fraction of sp³-hybridized carbons (Fsp3) is 0.250. The summed E-state index contributed by atoms with van der Waals surface area (Å²) in [5.41, 5.74) is 2.51. The summed E-state index contributed by atoms with van der Waals surface area (Å²) in [5, 5.41) is 1.74. The van der Waals surface area contributed by atoms with Crippen LogP contribution in [0.2, 0.25) is 0 Å². The molecule has 0 heterocycles. The van der Waals surface area contributed by atoms with E-state index < -0.39 is 0 Å². The van der Waals surface area contributed by atoms with Crippen molar-refractivity contribution in [2.24, 2.45) is 0 Å². The first-order chi connectivity index (χ1) is 5.69. The van der Waals surface area contributed by atoms with E-state index in [4.69, 9.17) is 0 Å². The van der Waals surface area contributed by atoms with Gasteiger partial charge in [0.05, 0.1) is 0 Å². The van der Waals surface area contributed by atoms with E-state index >= 15 is 0 Å². The molecule has 1 aromatic rings. The van der Waals surface area contributed by atoms with Gasteiger partial charge < -0.3 is 0 Å². The summed E-state index contributed by atoms with van der Waals surface area (Å²) in [6, 6.07) is 4.24. The summed E-state index contributed by atoms with van der Waals surface area (Å²) in [6.45, 7) is 0. The lowest BCUT2D eigenvalue weighted by Crippen LogP contribution is -1.86. The van der Waals surface area contributed by atoms with Crippen LogP contribution in [0.3, 0.4) is 0 Å². The summed E-state index contributed by atoms with van der Waals surface area (Å²) in [6.07, 6.45) is 0. The van der Waals surface area contributed by atoms with Gasteiger partial charge in [-0.3, -0.25) is 0 Å². The first kappa shape index (κ1) is 11.2. The molecule has 0 unspecified atom stereocenters. The Morgan fingerprint density at radius 1 is 0.833 bits per heavy atom. The average Bonchev–Trinajstić information content (AvgIpc) is 2.08. The third kappa shape index (κ3) is 2.56. The highest BCUT2D eigenvalue weighted by molar-refractivity contribution is 9.11. The Bertz CT molecular complexity index is 253. The average molecular weight is 422 g/mol. The maximum Gasteiger partial charge on any atom is 0.0294 e. The molecule has 0 aliphatic carbocycles. The van der Waals surface area contributed by atoms with E-state index in [1.807, 2.05) is 0 Å². The smallest absolute Gasteiger partial charge is 0.0294 e. The third-order valence-corrected chi connectivity index (χ3v) is 4.19. The van der Waals surface area contributed by atoms with Crippen LogP contribution in [-0.2, 0) is 10.7 Å². The molecule has 0 aliphatic heterocycles. The van der Waals surface area contributed by atoms with Crippen LogP contribution in [-0.4, -0.2) is 0 Å². The molecule has 1 aromatic carbocycles. The Hall–Kier alpha value is 1.14. The number of alkyl halides is 2. The fourth-order valence-electron chi connectivity index (χ4n) is 0.834. The Labute approximate surface area is 106 Å². The van der Waals surface area contributed by atoms with Crippen LogP contribution in [0.5, 0.6) is 0 Å². The van der Waals surface area contributed by atoms with Gasteiger partial charge in [0.25, 0.3) is 0 Å². The Balaban J connectivity index is 3.16. The lowest BCUT2D eigenvalue weighted by atomic mass is 10.2. The number of hydrogen-bond acceptors (Lipinski definition) is 0. The Kier molecular flexibility index (Phi) is 4.79. The third-order valence-electron chi connectivity index (χ3n) is 1.50. The lowest BCUT2D eigenvalue weighted by molar-refractivity contribution is 1.31. The van der Waals surface area contributed by atoms with Gasteiger partial charge in [-0.15, -0.1) is 0 Å². The van der Waals surface area contributed by atoms with E-state index in [1.54, 1.807) is 0 Å². The minimum Gasteiger partial charge on any atom is -0.0876 e. The molecule has 0 radical (unpaired) electrons. The zero-order valence-electron chi connectivity index (χ0n) is 6.08. The van der Waals surface area contributed by atoms with Crippen LogP contribution in [0, 0.1) is 0 Å². The molecule has 0 bridgehead atoms. The normalized spacial score (nSPS) is 10.3. The van der Waals surface area contributed by atoms with Gasteiger partial charge in [-0.2, -0.15) is 0 Å². The van der Waals surface area contributed by atoms with Crippen molar-refractivity contribution in [3.63, 3.8) is 0 Å². The van der Waals surface area contributed by atoms with Gasteiger partial charge in [-0.1, -0.05) is 63.7 Å². The van der Waals surface area contributed by atoms with Crippen molar-refractivity contribution in [2.45, 2.75) is 10.7 Å². The van der Waals surface area contributed by atoms with E-state index in [0.717, 1.165) is 19.6 Å². The molecule has 0 aliphatic rings. The van der Waals surface area contributed by atoms with Crippen LogP contribution >= 0.6 is 63.7 Å². The van der Waals surface area contributed by atoms with Gasteiger partial charge in [-0.25, -0.2) is 0 Å². The minimum absolute atomic E-state index is 0.870. The number of hydrogen-bond donors (Lipinski definition) is 0. The summed E-state index contributed by atoms with van der Waals surface area (Å²) in [7, 11) is 0. The summed E-state index contributed by atoms with van der Waals surface area (Å²) < 4.78 is 2.30. The van der Waals surface area contributed by atoms with Gasteiger partial charge >= 0.3 is 0 Å². The highest BCUT2D eigenvalue weighted by atomic mass is 79.9. The number of halogens is 4. The minimum atomic E-state index is 0.870. The maximum atomic E-state index is 3.51. The van der Waals surface area contributed by atoms with Crippen LogP contribution in [0.1, 0.15) is 11.1 Å². The molecule has 0 fully saturated rings. The molecule has 0 aromatic heterocycles. The van der Waals surface area contributed by atoms with Crippen LogP contribution < -0.4 is 0 Å². The van der Waals surface area contributed by atoms with Gasteiger partial charge in [0, 0.05) is 19.6 Å². The molecule has 0 saturated heterocycles. The number of rotatable bonds is 2. The molecule has 0 saturated carbocycles. The molecule has 0 nitrogen and oxygen atoms in total. The second-order valence-electron chi connectivity index (χ2n) is 2.30. The topological polar surface area (TPSA) is 0 Å². The first-order valence-electron chi connectivity index (χ1n) is 3.27. The Morgan fingerprint density at radius 3 is 1.42 bits per heavy atom. The molecule has 1 rings (SSSR count). The van der Waals surface area contributed by atoms with Crippen molar-refractivity contribution in [2.75, 3.05) is 0 Å². The van der Waals surface area contributed by atoms with Crippen molar-refractivity contribution in [3.05, 3.63) is 32.2 Å². The second-order valence-corrected chi connectivity index (χ2v) is 5.13. The van der Waals surface area contributed by atoms with Crippen molar-refractivity contribution in [1.82, 2.24) is 0 Å². The van der Waals surface area contributed by atoms with Gasteiger partial charge in [0.2, 0.25) is 0 Å². The zero-order chi connectivity index (χ0) is 9.14. The van der Waals surface area contributed by atoms with Crippen molar-refractivity contribution in [1.29, 1.82) is 0 Å². The largest absolute Gasteiger partial charge is 0.0876 e. The standard InChI is InChI=1S/C8H6Br4/c9-3-5-1-7(11)6(4-10)2-8(5)12/h1-2H,3-4H2. The summed E-state index contributed by atoms with van der Waals surface area (Å²) in [5.74, 6) is 0. The molecule has 0 amide bonds. The van der Waals surface area contributed by atoms with Gasteiger partial charge in [0.1, 0.15) is 0 Å². The van der Waals surface area contributed by atoms with E-state index in [2.05, 4.69) is 75.9 Å². The quantitative estimate of drug-likeness (QED) is 0.589. The second kappa shape index (κ2) is 5.13. The maximum absolute atomic E-state index is 3.51.